The molecule has 2 N–H and O–H groups in total. The number of nitrogens with one attached hydrogen (secondary N) is 1. The van der Waals surface area contributed by atoms with Crippen LogP contribution in [0.25, 0.3) is 0 Å². The van der Waals surface area contributed by atoms with E-state index in [0.717, 1.165) is 5.56 Å². The van der Waals surface area contributed by atoms with E-state index >= 15 is 0 Å². The summed E-state index contributed by atoms with van der Waals surface area (Å²) in [7, 11) is 0. The highest BCUT2D eigenvalue weighted by atomic mass is 16.3. The van der Waals surface area contributed by atoms with Crippen molar-refractivity contribution in [3.8, 4) is 0 Å². The number of aliphatic hydroxyl groups is 1. The zero-order chi connectivity index (χ0) is 9.14. The molecule has 0 fully saturated rings. The van der Waals surface area contributed by atoms with Crippen LogP contribution in [0.1, 0.15) is 31.0 Å². The molecule has 1 heterocycles. The second-order valence-electron chi connectivity index (χ2n) is 3.08. The van der Waals surface area contributed by atoms with Gasteiger partial charge in [-0.05, 0) is 12.0 Å². The third-order valence-corrected chi connectivity index (χ3v) is 1.79. The van der Waals surface area contributed by atoms with Crippen molar-refractivity contribution in [3.63, 3.8) is 0 Å². The van der Waals surface area contributed by atoms with E-state index in [9.17, 15) is 4.79 Å². The number of aromatic amines is 1. The van der Waals surface area contributed by atoms with Gasteiger partial charge < -0.3 is 10.1 Å². The summed E-state index contributed by atoms with van der Waals surface area (Å²) in [6.45, 7) is 3.81. The number of H-pyrrole nitrogens is 1. The van der Waals surface area contributed by atoms with Crippen molar-refractivity contribution in [2.24, 2.45) is 0 Å². The van der Waals surface area contributed by atoms with Gasteiger partial charge in [0.2, 0.25) is 0 Å². The van der Waals surface area contributed by atoms with Crippen molar-refractivity contribution in [1.29, 1.82) is 0 Å². The molecule has 0 atom stereocenters. The predicted octanol–water partition coefficient (Wildman–Crippen LogP) is 0.991. The molecule has 0 spiro atoms. The molecule has 0 saturated heterocycles. The van der Waals surface area contributed by atoms with Crippen LogP contribution < -0.4 is 5.56 Å². The molecule has 66 valence electrons. The average Bonchev–Trinajstić information content (AvgIpc) is 2.03. The first-order valence-corrected chi connectivity index (χ1v) is 3.98. The summed E-state index contributed by atoms with van der Waals surface area (Å²) in [6, 6.07) is 3.49. The second kappa shape index (κ2) is 3.54. The Morgan fingerprint density at radius 2 is 2.17 bits per heavy atom. The van der Waals surface area contributed by atoms with E-state index in [-0.39, 0.29) is 18.1 Å². The van der Waals surface area contributed by atoms with Crippen LogP contribution in [-0.4, -0.2) is 10.1 Å². The van der Waals surface area contributed by atoms with Crippen LogP contribution in [-0.2, 0) is 6.61 Å². The topological polar surface area (TPSA) is 53.1 Å². The van der Waals surface area contributed by atoms with Gasteiger partial charge in [0, 0.05) is 11.3 Å². The van der Waals surface area contributed by atoms with E-state index in [2.05, 4.69) is 4.98 Å². The summed E-state index contributed by atoms with van der Waals surface area (Å²) in [5.74, 6) is 0.224. The Hall–Kier alpha value is -1.09. The van der Waals surface area contributed by atoms with Gasteiger partial charge in [-0.3, -0.25) is 4.79 Å². The Kier molecular flexibility index (Phi) is 2.65. The number of aromatic nitrogens is 1. The molecule has 3 heteroatoms. The molecule has 0 amide bonds. The summed E-state index contributed by atoms with van der Waals surface area (Å²) < 4.78 is 0. The minimum atomic E-state index is -0.117. The molecule has 0 radical (unpaired) electrons. The highest BCUT2D eigenvalue weighted by Crippen LogP contribution is 2.08. The zero-order valence-corrected chi connectivity index (χ0v) is 7.29. The van der Waals surface area contributed by atoms with Crippen LogP contribution in [0.4, 0.5) is 0 Å². The second-order valence-corrected chi connectivity index (χ2v) is 3.08. The maximum atomic E-state index is 11.3. The van der Waals surface area contributed by atoms with Crippen LogP contribution in [0.5, 0.6) is 0 Å². The lowest BCUT2D eigenvalue weighted by molar-refractivity contribution is 0.276. The van der Waals surface area contributed by atoms with Gasteiger partial charge in [0.15, 0.2) is 0 Å². The van der Waals surface area contributed by atoms with E-state index in [1.165, 1.54) is 0 Å². The fourth-order valence-corrected chi connectivity index (χ4v) is 1.07. The number of hydrogen-bond acceptors (Lipinski definition) is 2. The Bertz CT molecular complexity index is 315. The molecular weight excluding hydrogens is 154 g/mol. The minimum Gasteiger partial charge on any atom is -0.390 e. The first kappa shape index (κ1) is 9.00. The molecule has 0 unspecified atom stereocenters. The van der Waals surface area contributed by atoms with Gasteiger partial charge in [-0.15, -0.1) is 0 Å². The molecule has 0 aromatic carbocycles. The lowest BCUT2D eigenvalue weighted by Crippen LogP contribution is -2.15. The van der Waals surface area contributed by atoms with Crippen molar-refractivity contribution in [1.82, 2.24) is 4.98 Å². The fraction of sp³-hybridized carbons (Fsp3) is 0.444. The Morgan fingerprint density at radius 1 is 1.50 bits per heavy atom. The lowest BCUT2D eigenvalue weighted by Gasteiger charge is -2.03. The van der Waals surface area contributed by atoms with Gasteiger partial charge in [0.1, 0.15) is 0 Å². The molecule has 0 saturated carbocycles. The van der Waals surface area contributed by atoms with Crippen LogP contribution in [0.15, 0.2) is 16.9 Å². The molecule has 0 aliphatic rings. The average molecular weight is 167 g/mol. The molecule has 1 rings (SSSR count). The van der Waals surface area contributed by atoms with E-state index in [0.29, 0.717) is 5.69 Å². The van der Waals surface area contributed by atoms with Crippen LogP contribution in [0, 0.1) is 0 Å². The summed E-state index contributed by atoms with van der Waals surface area (Å²) in [4.78, 5) is 13.9. The molecule has 0 aliphatic heterocycles. The first-order valence-electron chi connectivity index (χ1n) is 3.98. The highest BCUT2D eigenvalue weighted by molar-refractivity contribution is 5.16. The van der Waals surface area contributed by atoms with E-state index in [1.54, 1.807) is 12.1 Å². The normalized spacial score (nSPS) is 10.7. The van der Waals surface area contributed by atoms with Gasteiger partial charge in [-0.2, -0.15) is 0 Å². The maximum absolute atomic E-state index is 11.3. The smallest absolute Gasteiger partial charge is 0.251 e. The Morgan fingerprint density at radius 3 is 2.58 bits per heavy atom. The van der Waals surface area contributed by atoms with E-state index < -0.39 is 0 Å². The quantitative estimate of drug-likeness (QED) is 0.690. The van der Waals surface area contributed by atoms with E-state index in [1.807, 2.05) is 13.8 Å². The monoisotopic (exact) mass is 167 g/mol. The van der Waals surface area contributed by atoms with Gasteiger partial charge in [0.25, 0.3) is 5.56 Å². The van der Waals surface area contributed by atoms with Crippen LogP contribution in [0.3, 0.4) is 0 Å². The van der Waals surface area contributed by atoms with Crippen molar-refractivity contribution < 1.29 is 5.11 Å². The number of aliphatic hydroxyl groups excluding tert-OH is 1. The molecule has 3 nitrogen and oxygen atoms in total. The summed E-state index contributed by atoms with van der Waals surface area (Å²) in [5, 5.41) is 8.72. The van der Waals surface area contributed by atoms with Crippen molar-refractivity contribution in [2.75, 3.05) is 0 Å². The number of hydrogen-bond donors (Lipinski definition) is 2. The molecule has 12 heavy (non-hydrogen) atoms. The number of pyridine rings is 1. The SMILES string of the molecule is CC(C)c1ccc(CO)[nH]c1=O. The number of rotatable bonds is 2. The third-order valence-electron chi connectivity index (χ3n) is 1.79. The van der Waals surface area contributed by atoms with Gasteiger partial charge in [0.05, 0.1) is 6.61 Å². The summed E-state index contributed by atoms with van der Waals surface area (Å²) >= 11 is 0. The fourth-order valence-electron chi connectivity index (χ4n) is 1.07. The predicted molar refractivity (Wildman–Crippen MR) is 47.1 cm³/mol. The van der Waals surface area contributed by atoms with Gasteiger partial charge in [-0.1, -0.05) is 19.9 Å². The first-order chi connectivity index (χ1) is 5.65. The summed E-state index contributed by atoms with van der Waals surface area (Å²) in [5.41, 5.74) is 1.22. The van der Waals surface area contributed by atoms with E-state index in [4.69, 9.17) is 5.11 Å². The summed E-state index contributed by atoms with van der Waals surface area (Å²) in [6.07, 6.45) is 0. The third kappa shape index (κ3) is 1.74. The molecular formula is C9H13NO2. The largest absolute Gasteiger partial charge is 0.390 e. The van der Waals surface area contributed by atoms with Crippen molar-refractivity contribution in [2.45, 2.75) is 26.4 Å². The Labute approximate surface area is 71.1 Å². The van der Waals surface area contributed by atoms with Crippen LogP contribution in [0.2, 0.25) is 0 Å². The van der Waals surface area contributed by atoms with Crippen molar-refractivity contribution in [3.05, 3.63) is 33.7 Å². The molecule has 0 bridgehead atoms. The zero-order valence-electron chi connectivity index (χ0n) is 7.29. The maximum Gasteiger partial charge on any atom is 0.251 e. The molecule has 0 aliphatic carbocycles. The van der Waals surface area contributed by atoms with Gasteiger partial charge >= 0.3 is 0 Å². The minimum absolute atomic E-state index is 0.100. The standard InChI is InChI=1S/C9H13NO2/c1-6(2)8-4-3-7(5-11)10-9(8)12/h3-4,6,11H,5H2,1-2H3,(H,10,12). The highest BCUT2D eigenvalue weighted by Gasteiger charge is 2.03. The molecule has 1 aromatic rings. The lowest BCUT2D eigenvalue weighted by atomic mass is 10.1. The molecule has 1 aromatic heterocycles. The van der Waals surface area contributed by atoms with Crippen LogP contribution >= 0.6 is 0 Å². The Balaban J connectivity index is 3.12. The van der Waals surface area contributed by atoms with Gasteiger partial charge in [-0.25, -0.2) is 0 Å². The van der Waals surface area contributed by atoms with Crippen molar-refractivity contribution >= 4 is 0 Å².